The number of carbonyl (C=O) groups is 2. The molecule has 3 aliphatic rings. The molecule has 2 fully saturated rings. The summed E-state index contributed by atoms with van der Waals surface area (Å²) < 4.78 is 4.65. The number of methoxy groups -OCH3 is 1. The van der Waals surface area contributed by atoms with Crippen LogP contribution in [0.25, 0.3) is 0 Å². The van der Waals surface area contributed by atoms with Gasteiger partial charge >= 0.3 is 11.9 Å². The topological polar surface area (TPSA) is 68.2 Å². The lowest BCUT2D eigenvalue weighted by molar-refractivity contribution is -0.136. The van der Waals surface area contributed by atoms with Crippen molar-refractivity contribution in [2.75, 3.05) is 7.11 Å². The third-order valence-corrected chi connectivity index (χ3v) is 5.59. The number of esters is 1. The van der Waals surface area contributed by atoms with Crippen LogP contribution in [0.15, 0.2) is 29.1 Å². The molecule has 6 nitrogen and oxygen atoms in total. The second kappa shape index (κ2) is 9.01. The Morgan fingerprint density at radius 1 is 1.08 bits per heavy atom. The maximum atomic E-state index is 11.8. The van der Waals surface area contributed by atoms with Crippen molar-refractivity contribution in [3.8, 4) is 0 Å². The number of hydrogen-bond acceptors (Lipinski definition) is 6. The van der Waals surface area contributed by atoms with E-state index in [4.69, 9.17) is 0 Å². The van der Waals surface area contributed by atoms with Gasteiger partial charge in [0.15, 0.2) is 0 Å². The molecule has 0 bridgehead atoms. The summed E-state index contributed by atoms with van der Waals surface area (Å²) in [6, 6.07) is 1.15. The molecule has 6 heteroatoms. The number of carbonyl (C=O) groups excluding carboxylic acids is 2. The maximum Gasteiger partial charge on any atom is 0.368 e. The van der Waals surface area contributed by atoms with Crippen LogP contribution in [0.3, 0.4) is 0 Å². The molecule has 0 atom stereocenters. The summed E-state index contributed by atoms with van der Waals surface area (Å²) in [5.74, 6) is -1.27. The Kier molecular flexibility index (Phi) is 6.47. The maximum absolute atomic E-state index is 11.8. The molecule has 0 N–H and O–H groups in total. The quantitative estimate of drug-likeness (QED) is 0.426. The highest BCUT2D eigenvalue weighted by Gasteiger charge is 2.31. The molecule has 142 valence electrons. The monoisotopic (exact) mass is 360 g/mol. The zero-order valence-corrected chi connectivity index (χ0v) is 15.5. The Morgan fingerprint density at radius 3 is 2.19 bits per heavy atom. The third kappa shape index (κ3) is 4.34. The zero-order chi connectivity index (χ0) is 18.4. The van der Waals surface area contributed by atoms with Crippen LogP contribution >= 0.6 is 0 Å². The van der Waals surface area contributed by atoms with Crippen molar-refractivity contribution in [3.05, 3.63) is 23.9 Å². The van der Waals surface area contributed by atoms with Crippen molar-refractivity contribution >= 4 is 17.7 Å². The van der Waals surface area contributed by atoms with Crippen LogP contribution in [0, 0.1) is 0 Å². The average molecular weight is 360 g/mol. The summed E-state index contributed by atoms with van der Waals surface area (Å²) in [6.07, 6.45) is 18.3. The minimum Gasteiger partial charge on any atom is -0.464 e. The van der Waals surface area contributed by atoms with Crippen molar-refractivity contribution in [2.45, 2.75) is 76.3 Å². The van der Waals surface area contributed by atoms with E-state index in [1.165, 1.54) is 71.3 Å². The lowest BCUT2D eigenvalue weighted by Gasteiger charge is -2.41. The van der Waals surface area contributed by atoms with Crippen molar-refractivity contribution in [1.82, 2.24) is 4.90 Å². The molecule has 1 aliphatic heterocycles. The van der Waals surface area contributed by atoms with Gasteiger partial charge in [0.2, 0.25) is 5.71 Å². The fourth-order valence-corrected chi connectivity index (χ4v) is 4.21. The normalized spacial score (nSPS) is 24.0. The van der Waals surface area contributed by atoms with Gasteiger partial charge < -0.3 is 14.5 Å². The molecular weight excluding hydrogens is 332 g/mol. The number of allylic oxidation sites excluding steroid dienone is 2. The third-order valence-electron chi connectivity index (χ3n) is 5.59. The minimum atomic E-state index is -0.660. The second-order valence-electron chi connectivity index (χ2n) is 7.26. The molecule has 1 heterocycles. The van der Waals surface area contributed by atoms with Gasteiger partial charge in [0.1, 0.15) is 0 Å². The highest BCUT2D eigenvalue weighted by atomic mass is 16.7. The predicted molar refractivity (Wildman–Crippen MR) is 98.4 cm³/mol. The zero-order valence-electron chi connectivity index (χ0n) is 15.5. The fourth-order valence-electron chi connectivity index (χ4n) is 4.21. The minimum absolute atomic E-state index is 0.0657. The lowest BCUT2D eigenvalue weighted by atomic mass is 9.89. The van der Waals surface area contributed by atoms with Crippen LogP contribution in [0.5, 0.6) is 0 Å². The van der Waals surface area contributed by atoms with E-state index in [0.29, 0.717) is 12.1 Å². The van der Waals surface area contributed by atoms with Gasteiger partial charge in [0, 0.05) is 12.1 Å². The first-order valence-corrected chi connectivity index (χ1v) is 9.74. The molecule has 3 rings (SSSR count). The predicted octanol–water partition coefficient (Wildman–Crippen LogP) is 3.48. The number of ether oxygens (including phenoxy) is 1. The first-order chi connectivity index (χ1) is 12.7. The first kappa shape index (κ1) is 18.7. The summed E-state index contributed by atoms with van der Waals surface area (Å²) >= 11 is 0. The number of oxime groups is 1. The lowest BCUT2D eigenvalue weighted by Crippen LogP contribution is -2.41. The van der Waals surface area contributed by atoms with E-state index in [9.17, 15) is 9.59 Å². The Hall–Kier alpha value is -2.11. The van der Waals surface area contributed by atoms with Crippen LogP contribution in [0.2, 0.25) is 0 Å². The Labute approximate surface area is 154 Å². The van der Waals surface area contributed by atoms with E-state index in [1.54, 1.807) is 6.08 Å². The molecule has 0 aromatic rings. The van der Waals surface area contributed by atoms with Crippen LogP contribution in [-0.4, -0.2) is 41.7 Å². The average Bonchev–Trinajstić information content (AvgIpc) is 3.06. The van der Waals surface area contributed by atoms with E-state index >= 15 is 0 Å². The van der Waals surface area contributed by atoms with Gasteiger partial charge in [-0.15, -0.1) is 0 Å². The molecule has 0 aromatic heterocycles. The van der Waals surface area contributed by atoms with Crippen LogP contribution in [-0.2, 0) is 19.2 Å². The molecule has 0 saturated heterocycles. The standard InChI is InChI=1S/C20H28N2O4/c1-25-20(24)18-17(19(23)26-21-18)13-8-14-22(15-9-4-2-5-10-15)16-11-6-3-7-12-16/h8,13-16H,2-7,9-12H2,1H3/b14-8+,17-13-. The number of rotatable bonds is 5. The van der Waals surface area contributed by atoms with Crippen LogP contribution in [0.4, 0.5) is 0 Å². The summed E-state index contributed by atoms with van der Waals surface area (Å²) in [4.78, 5) is 30.7. The van der Waals surface area contributed by atoms with Gasteiger partial charge in [-0.2, -0.15) is 0 Å². The molecule has 0 spiro atoms. The highest BCUT2D eigenvalue weighted by molar-refractivity contribution is 6.50. The molecule has 0 amide bonds. The highest BCUT2D eigenvalue weighted by Crippen LogP contribution is 2.30. The van der Waals surface area contributed by atoms with E-state index in [-0.39, 0.29) is 11.3 Å². The van der Waals surface area contributed by atoms with E-state index in [1.807, 2.05) is 6.08 Å². The summed E-state index contributed by atoms with van der Waals surface area (Å²) in [5.41, 5.74) is 0.0874. The summed E-state index contributed by atoms with van der Waals surface area (Å²) in [7, 11) is 1.26. The fraction of sp³-hybridized carbons (Fsp3) is 0.650. The molecule has 0 aromatic carbocycles. The van der Waals surface area contributed by atoms with Gasteiger partial charge in [-0.05, 0) is 44.0 Å². The molecule has 2 aliphatic carbocycles. The van der Waals surface area contributed by atoms with E-state index < -0.39 is 11.9 Å². The molecule has 0 radical (unpaired) electrons. The SMILES string of the molecule is COC(=O)C1=NOC(=O)/C1=C\C=C\N(C1CCCCC1)C1CCCCC1. The van der Waals surface area contributed by atoms with E-state index in [0.717, 1.165) is 0 Å². The van der Waals surface area contributed by atoms with E-state index in [2.05, 4.69) is 25.8 Å². The smallest absolute Gasteiger partial charge is 0.368 e. The second-order valence-corrected chi connectivity index (χ2v) is 7.26. The molecule has 26 heavy (non-hydrogen) atoms. The molecular formula is C20H28N2O4. The Bertz CT molecular complexity index is 593. The number of nitrogens with zero attached hydrogens (tertiary/aromatic N) is 2. The molecule has 2 saturated carbocycles. The van der Waals surface area contributed by atoms with Gasteiger partial charge in [0.25, 0.3) is 0 Å². The van der Waals surface area contributed by atoms with Crippen molar-refractivity contribution in [1.29, 1.82) is 0 Å². The van der Waals surface area contributed by atoms with Crippen LogP contribution < -0.4 is 0 Å². The Balaban J connectivity index is 1.75. The van der Waals surface area contributed by atoms with Gasteiger partial charge in [-0.1, -0.05) is 43.7 Å². The first-order valence-electron chi connectivity index (χ1n) is 9.74. The van der Waals surface area contributed by atoms with Crippen molar-refractivity contribution < 1.29 is 19.2 Å². The van der Waals surface area contributed by atoms with Gasteiger partial charge in [-0.25, -0.2) is 9.59 Å². The largest absolute Gasteiger partial charge is 0.464 e. The molecule has 0 unspecified atom stereocenters. The van der Waals surface area contributed by atoms with Crippen molar-refractivity contribution in [3.63, 3.8) is 0 Å². The van der Waals surface area contributed by atoms with Crippen molar-refractivity contribution in [2.24, 2.45) is 5.16 Å². The van der Waals surface area contributed by atoms with Gasteiger partial charge in [0.05, 0.1) is 12.7 Å². The Morgan fingerprint density at radius 2 is 1.65 bits per heavy atom. The summed E-state index contributed by atoms with van der Waals surface area (Å²) in [5, 5.41) is 3.52. The van der Waals surface area contributed by atoms with Crippen LogP contribution in [0.1, 0.15) is 64.2 Å². The van der Waals surface area contributed by atoms with Gasteiger partial charge in [-0.3, -0.25) is 0 Å². The summed E-state index contributed by atoms with van der Waals surface area (Å²) in [6.45, 7) is 0. The number of hydrogen-bond donors (Lipinski definition) is 0.